The Kier molecular flexibility index (Phi) is 6.03. The number of carbonyl (C=O) groups excluding carboxylic acids is 2. The quantitative estimate of drug-likeness (QED) is 0.695. The van der Waals surface area contributed by atoms with Crippen molar-refractivity contribution in [3.8, 4) is 5.75 Å². The topological polar surface area (TPSA) is 112 Å². The predicted molar refractivity (Wildman–Crippen MR) is 99.6 cm³/mol. The zero-order valence-corrected chi connectivity index (χ0v) is 16.1. The Labute approximate surface area is 162 Å². The molecular weight excluding hydrogens is 386 g/mol. The van der Waals surface area contributed by atoms with Gasteiger partial charge in [0.1, 0.15) is 18.1 Å². The van der Waals surface area contributed by atoms with Crippen LogP contribution in [-0.2, 0) is 26.0 Å². The van der Waals surface area contributed by atoms with Gasteiger partial charge in [0.25, 0.3) is 5.91 Å². The van der Waals surface area contributed by atoms with Crippen LogP contribution in [0.2, 0.25) is 0 Å². The van der Waals surface area contributed by atoms with Gasteiger partial charge in [-0.15, -0.1) is 0 Å². The number of para-hydroxylation sites is 1. The van der Waals surface area contributed by atoms with E-state index in [0.29, 0.717) is 17.9 Å². The third-order valence-corrected chi connectivity index (χ3v) is 5.99. The molecule has 9 heteroatoms. The summed E-state index contributed by atoms with van der Waals surface area (Å²) >= 11 is 0. The minimum absolute atomic E-state index is 0.0465. The molecule has 1 aromatic heterocycles. The van der Waals surface area contributed by atoms with Crippen LogP contribution in [0.15, 0.2) is 46.9 Å². The van der Waals surface area contributed by atoms with E-state index in [2.05, 4.69) is 5.32 Å². The molecular formula is C19H21NO7S. The molecule has 0 radical (unpaired) electrons. The molecule has 28 heavy (non-hydrogen) atoms. The predicted octanol–water partition coefficient (Wildman–Crippen LogP) is 1.71. The molecule has 0 saturated carbocycles. The highest BCUT2D eigenvalue weighted by molar-refractivity contribution is 7.91. The molecule has 1 amide bonds. The van der Waals surface area contributed by atoms with E-state index in [4.69, 9.17) is 13.9 Å². The van der Waals surface area contributed by atoms with Crippen molar-refractivity contribution in [3.05, 3.63) is 54.0 Å². The number of hydrogen-bond donors (Lipinski definition) is 1. The Balaban J connectivity index is 1.48. The van der Waals surface area contributed by atoms with E-state index < -0.39 is 33.9 Å². The Hall–Kier alpha value is -2.81. The fourth-order valence-electron chi connectivity index (χ4n) is 2.74. The molecule has 0 aliphatic carbocycles. The van der Waals surface area contributed by atoms with Crippen molar-refractivity contribution >= 4 is 21.7 Å². The number of hydrogen-bond acceptors (Lipinski definition) is 7. The second-order valence-electron chi connectivity index (χ2n) is 6.52. The second kappa shape index (κ2) is 8.47. The van der Waals surface area contributed by atoms with Crippen molar-refractivity contribution in [3.63, 3.8) is 0 Å². The molecule has 1 aliphatic heterocycles. The molecule has 1 aromatic carbocycles. The Morgan fingerprint density at radius 2 is 1.96 bits per heavy atom. The van der Waals surface area contributed by atoms with E-state index in [1.807, 2.05) is 18.2 Å². The summed E-state index contributed by atoms with van der Waals surface area (Å²) in [6.07, 6.45) is -0.720. The van der Waals surface area contributed by atoms with Gasteiger partial charge in [0, 0.05) is 6.04 Å². The van der Waals surface area contributed by atoms with Gasteiger partial charge in [-0.3, -0.25) is 4.79 Å². The standard InChI is InChI=1S/C19H21NO7S/c1-13(18(21)20-14-9-10-28(23,24)12-14)26-19(22)17-8-7-16(27-17)11-25-15-5-3-2-4-6-15/h2-8,13-14H,9-12H2,1H3,(H,20,21)/t13-,14-/m1/s1. The van der Waals surface area contributed by atoms with E-state index in [9.17, 15) is 18.0 Å². The first-order valence-corrected chi connectivity index (χ1v) is 10.6. The van der Waals surface area contributed by atoms with Gasteiger partial charge < -0.3 is 19.2 Å². The number of benzene rings is 1. The van der Waals surface area contributed by atoms with Gasteiger partial charge in [0.05, 0.1) is 11.5 Å². The summed E-state index contributed by atoms with van der Waals surface area (Å²) in [6.45, 7) is 1.56. The van der Waals surface area contributed by atoms with Crippen LogP contribution in [0.1, 0.15) is 29.7 Å². The van der Waals surface area contributed by atoms with Gasteiger partial charge in [-0.1, -0.05) is 18.2 Å². The monoisotopic (exact) mass is 407 g/mol. The molecule has 0 unspecified atom stereocenters. The van der Waals surface area contributed by atoms with Crippen LogP contribution in [-0.4, -0.2) is 43.9 Å². The lowest BCUT2D eigenvalue weighted by atomic mass is 10.2. The van der Waals surface area contributed by atoms with Gasteiger partial charge in [-0.05, 0) is 37.6 Å². The smallest absolute Gasteiger partial charge is 0.375 e. The maximum absolute atomic E-state index is 12.2. The fraction of sp³-hybridized carbons (Fsp3) is 0.368. The van der Waals surface area contributed by atoms with E-state index in [1.165, 1.54) is 13.0 Å². The zero-order valence-electron chi connectivity index (χ0n) is 15.3. The Morgan fingerprint density at radius 3 is 2.64 bits per heavy atom. The van der Waals surface area contributed by atoms with Crippen LogP contribution in [0.25, 0.3) is 0 Å². The number of sulfone groups is 1. The van der Waals surface area contributed by atoms with Gasteiger partial charge in [-0.2, -0.15) is 0 Å². The van der Waals surface area contributed by atoms with Crippen LogP contribution in [0, 0.1) is 0 Å². The van der Waals surface area contributed by atoms with Crippen LogP contribution in [0.3, 0.4) is 0 Å². The van der Waals surface area contributed by atoms with Gasteiger partial charge in [0.15, 0.2) is 15.9 Å². The summed E-state index contributed by atoms with van der Waals surface area (Å²) in [4.78, 5) is 24.3. The van der Waals surface area contributed by atoms with E-state index in [-0.39, 0.29) is 23.9 Å². The lowest BCUT2D eigenvalue weighted by Gasteiger charge is -2.16. The van der Waals surface area contributed by atoms with Crippen LogP contribution < -0.4 is 10.1 Å². The van der Waals surface area contributed by atoms with Crippen molar-refractivity contribution in [1.29, 1.82) is 0 Å². The average Bonchev–Trinajstić information content (AvgIpc) is 3.27. The first-order chi connectivity index (χ1) is 13.3. The molecule has 1 aliphatic rings. The molecule has 3 rings (SSSR count). The molecule has 150 valence electrons. The number of amides is 1. The summed E-state index contributed by atoms with van der Waals surface area (Å²) in [7, 11) is -3.11. The highest BCUT2D eigenvalue weighted by Gasteiger charge is 2.31. The number of nitrogens with one attached hydrogen (secondary N) is 1. The molecule has 0 bridgehead atoms. The number of ether oxygens (including phenoxy) is 2. The number of rotatable bonds is 7. The van der Waals surface area contributed by atoms with Gasteiger partial charge >= 0.3 is 5.97 Å². The molecule has 1 saturated heterocycles. The SMILES string of the molecule is C[C@@H](OC(=O)c1ccc(COc2ccccc2)o1)C(=O)N[C@@H]1CCS(=O)(=O)C1. The highest BCUT2D eigenvalue weighted by Crippen LogP contribution is 2.15. The minimum Gasteiger partial charge on any atom is -0.486 e. The lowest BCUT2D eigenvalue weighted by molar-refractivity contribution is -0.129. The van der Waals surface area contributed by atoms with E-state index in [1.54, 1.807) is 18.2 Å². The first-order valence-electron chi connectivity index (χ1n) is 8.81. The molecule has 2 atom stereocenters. The third kappa shape index (κ3) is 5.35. The van der Waals surface area contributed by atoms with Crippen molar-refractivity contribution in [1.82, 2.24) is 5.32 Å². The second-order valence-corrected chi connectivity index (χ2v) is 8.75. The zero-order chi connectivity index (χ0) is 20.1. The van der Waals surface area contributed by atoms with Crippen molar-refractivity contribution in [2.45, 2.75) is 32.1 Å². The maximum atomic E-state index is 12.2. The Morgan fingerprint density at radius 1 is 1.21 bits per heavy atom. The molecule has 8 nitrogen and oxygen atoms in total. The van der Waals surface area contributed by atoms with Crippen molar-refractivity contribution < 1.29 is 31.9 Å². The Bertz CT molecular complexity index is 936. The number of furan rings is 1. The summed E-state index contributed by atoms with van der Waals surface area (Å²) < 4.78 is 38.9. The van der Waals surface area contributed by atoms with E-state index >= 15 is 0 Å². The molecule has 0 spiro atoms. The molecule has 1 fully saturated rings. The van der Waals surface area contributed by atoms with Gasteiger partial charge in [0.2, 0.25) is 5.76 Å². The summed E-state index contributed by atoms with van der Waals surface area (Å²) in [6, 6.07) is 11.7. The van der Waals surface area contributed by atoms with Crippen LogP contribution in [0.4, 0.5) is 0 Å². The number of esters is 1. The lowest BCUT2D eigenvalue weighted by Crippen LogP contribution is -2.42. The average molecular weight is 407 g/mol. The molecule has 1 N–H and O–H groups in total. The summed E-state index contributed by atoms with van der Waals surface area (Å²) in [5.74, 6) is -0.322. The third-order valence-electron chi connectivity index (χ3n) is 4.22. The van der Waals surface area contributed by atoms with Gasteiger partial charge in [-0.25, -0.2) is 13.2 Å². The summed E-state index contributed by atoms with van der Waals surface area (Å²) in [5, 5.41) is 2.59. The highest BCUT2D eigenvalue weighted by atomic mass is 32.2. The first kappa shape index (κ1) is 19.9. The molecule has 2 aromatic rings. The number of carbonyl (C=O) groups is 2. The molecule has 2 heterocycles. The summed E-state index contributed by atoms with van der Waals surface area (Å²) in [5.41, 5.74) is 0. The van der Waals surface area contributed by atoms with Crippen LogP contribution in [0.5, 0.6) is 5.75 Å². The van der Waals surface area contributed by atoms with E-state index in [0.717, 1.165) is 0 Å². The van der Waals surface area contributed by atoms with Crippen molar-refractivity contribution in [2.75, 3.05) is 11.5 Å². The maximum Gasteiger partial charge on any atom is 0.375 e. The minimum atomic E-state index is -3.11. The van der Waals surface area contributed by atoms with Crippen LogP contribution >= 0.6 is 0 Å². The fourth-order valence-corrected chi connectivity index (χ4v) is 4.41. The van der Waals surface area contributed by atoms with Crippen molar-refractivity contribution in [2.24, 2.45) is 0 Å². The largest absolute Gasteiger partial charge is 0.486 e. The normalized spacial score (nSPS) is 19.0.